The number of carbonyl (C=O) groups excluding carboxylic acids is 1. The summed E-state index contributed by atoms with van der Waals surface area (Å²) in [6.45, 7) is 3.32. The maximum atomic E-state index is 13.9. The van der Waals surface area contributed by atoms with E-state index in [1.165, 1.54) is 18.5 Å². The van der Waals surface area contributed by atoms with E-state index in [1.807, 2.05) is 28.9 Å². The van der Waals surface area contributed by atoms with Crippen LogP contribution in [0.1, 0.15) is 35.2 Å². The minimum absolute atomic E-state index is 0.0535. The van der Waals surface area contributed by atoms with Crippen LogP contribution in [0.5, 0.6) is 0 Å². The van der Waals surface area contributed by atoms with Gasteiger partial charge in [-0.05, 0) is 43.9 Å². The molecular weight excluding hydrogens is 321 g/mol. The highest BCUT2D eigenvalue weighted by atomic mass is 19.1. The second-order valence-electron chi connectivity index (χ2n) is 6.64. The van der Waals surface area contributed by atoms with Crippen LogP contribution in [0.4, 0.5) is 4.39 Å². The number of halogens is 1. The number of likely N-dealkylation sites (tertiary alicyclic amines) is 1. The van der Waals surface area contributed by atoms with Crippen molar-refractivity contribution in [2.24, 2.45) is 0 Å². The Bertz CT molecular complexity index is 915. The van der Waals surface area contributed by atoms with E-state index in [1.54, 1.807) is 0 Å². The third-order valence-corrected chi connectivity index (χ3v) is 4.77. The Morgan fingerprint density at radius 2 is 2.28 bits per heavy atom. The molecule has 1 aromatic carbocycles. The number of fused-ring (bicyclic) bond motifs is 1. The zero-order valence-corrected chi connectivity index (χ0v) is 14.1. The molecule has 1 N–H and O–H groups in total. The first-order chi connectivity index (χ1) is 12.1. The highest BCUT2D eigenvalue weighted by molar-refractivity contribution is 6.05. The van der Waals surface area contributed by atoms with Gasteiger partial charge in [0.1, 0.15) is 11.3 Å². The van der Waals surface area contributed by atoms with Crippen LogP contribution in [0.2, 0.25) is 0 Å². The van der Waals surface area contributed by atoms with Crippen molar-refractivity contribution in [2.45, 2.75) is 38.8 Å². The summed E-state index contributed by atoms with van der Waals surface area (Å²) in [5.41, 5.74) is 2.47. The molecule has 0 radical (unpaired) electrons. The molecule has 0 aliphatic carbocycles. The van der Waals surface area contributed by atoms with Crippen LogP contribution >= 0.6 is 0 Å². The largest absolute Gasteiger partial charge is 0.344 e. The molecule has 0 saturated carbocycles. The summed E-state index contributed by atoms with van der Waals surface area (Å²) in [5, 5.41) is 4.33. The Morgan fingerprint density at radius 3 is 3.08 bits per heavy atom. The third-order valence-electron chi connectivity index (χ3n) is 4.77. The lowest BCUT2D eigenvalue weighted by atomic mass is 10.00. The molecule has 0 bridgehead atoms. The van der Waals surface area contributed by atoms with Crippen LogP contribution in [0.15, 0.2) is 30.9 Å². The Morgan fingerprint density at radius 1 is 1.40 bits per heavy atom. The van der Waals surface area contributed by atoms with Crippen molar-refractivity contribution in [3.8, 4) is 0 Å². The zero-order valence-electron chi connectivity index (χ0n) is 14.1. The monoisotopic (exact) mass is 341 g/mol. The Labute approximate surface area is 144 Å². The van der Waals surface area contributed by atoms with Crippen molar-refractivity contribution in [2.75, 3.05) is 6.54 Å². The van der Waals surface area contributed by atoms with Gasteiger partial charge in [-0.25, -0.2) is 9.37 Å². The van der Waals surface area contributed by atoms with E-state index in [0.29, 0.717) is 29.7 Å². The standard InChI is InChI=1S/C18H20FN5O/c1-12-8-22-23(9-12)10-14-4-2-3-5-24(14)18(25)15-6-13(19)7-16-17(15)21-11-20-16/h6-9,11,14H,2-5,10H2,1H3,(H,20,21)/t14-/m1/s1. The number of benzene rings is 1. The molecule has 6 nitrogen and oxygen atoms in total. The van der Waals surface area contributed by atoms with Gasteiger partial charge in [0.25, 0.3) is 5.91 Å². The molecule has 0 spiro atoms. The van der Waals surface area contributed by atoms with Gasteiger partial charge in [-0.1, -0.05) is 0 Å². The number of hydrogen-bond donors (Lipinski definition) is 1. The number of H-pyrrole nitrogens is 1. The molecule has 4 rings (SSSR count). The van der Waals surface area contributed by atoms with Crippen LogP contribution in [-0.4, -0.2) is 43.1 Å². The molecule has 3 aromatic rings. The van der Waals surface area contributed by atoms with Gasteiger partial charge in [0.15, 0.2) is 0 Å². The lowest BCUT2D eigenvalue weighted by Gasteiger charge is -2.35. The fraction of sp³-hybridized carbons (Fsp3) is 0.389. The number of carbonyl (C=O) groups is 1. The summed E-state index contributed by atoms with van der Waals surface area (Å²) in [6.07, 6.45) is 8.24. The van der Waals surface area contributed by atoms with Crippen molar-refractivity contribution in [3.63, 3.8) is 0 Å². The van der Waals surface area contributed by atoms with Crippen LogP contribution in [-0.2, 0) is 6.54 Å². The van der Waals surface area contributed by atoms with Gasteiger partial charge >= 0.3 is 0 Å². The van der Waals surface area contributed by atoms with Gasteiger partial charge in [-0.15, -0.1) is 0 Å². The van der Waals surface area contributed by atoms with Crippen molar-refractivity contribution < 1.29 is 9.18 Å². The normalized spacial score (nSPS) is 18.0. The molecule has 25 heavy (non-hydrogen) atoms. The summed E-state index contributed by atoms with van der Waals surface area (Å²) in [5.74, 6) is -0.596. The first-order valence-electron chi connectivity index (χ1n) is 8.54. The molecule has 2 aromatic heterocycles. The van der Waals surface area contributed by atoms with Crippen molar-refractivity contribution in [3.05, 3.63) is 47.8 Å². The molecule has 1 saturated heterocycles. The number of hydrogen-bond acceptors (Lipinski definition) is 3. The van der Waals surface area contributed by atoms with Crippen LogP contribution in [0.3, 0.4) is 0 Å². The first-order valence-corrected chi connectivity index (χ1v) is 8.54. The second-order valence-corrected chi connectivity index (χ2v) is 6.64. The van der Waals surface area contributed by atoms with Crippen molar-refractivity contribution in [1.82, 2.24) is 24.6 Å². The van der Waals surface area contributed by atoms with E-state index >= 15 is 0 Å². The average Bonchev–Trinajstić information content (AvgIpc) is 3.22. The van der Waals surface area contributed by atoms with Crippen LogP contribution in [0, 0.1) is 12.7 Å². The summed E-state index contributed by atoms with van der Waals surface area (Å²) < 4.78 is 15.8. The van der Waals surface area contributed by atoms with E-state index in [9.17, 15) is 9.18 Å². The summed E-state index contributed by atoms with van der Waals surface area (Å²) in [7, 11) is 0. The SMILES string of the molecule is Cc1cnn(C[C@H]2CCCCN2C(=O)c2cc(F)cc3[nH]cnc23)c1. The smallest absolute Gasteiger partial charge is 0.256 e. The third kappa shape index (κ3) is 3.01. The van der Waals surface area contributed by atoms with E-state index in [0.717, 1.165) is 24.8 Å². The highest BCUT2D eigenvalue weighted by Gasteiger charge is 2.29. The molecule has 1 aliphatic rings. The number of imidazole rings is 1. The lowest BCUT2D eigenvalue weighted by molar-refractivity contribution is 0.0585. The Hall–Kier alpha value is -2.70. The van der Waals surface area contributed by atoms with Crippen LogP contribution < -0.4 is 0 Å². The summed E-state index contributed by atoms with van der Waals surface area (Å²) in [4.78, 5) is 22.1. The predicted octanol–water partition coefficient (Wildman–Crippen LogP) is 2.90. The van der Waals surface area contributed by atoms with E-state index in [4.69, 9.17) is 0 Å². The molecule has 1 aliphatic heterocycles. The Balaban J connectivity index is 1.65. The van der Waals surface area contributed by atoms with E-state index in [2.05, 4.69) is 15.1 Å². The average molecular weight is 341 g/mol. The lowest BCUT2D eigenvalue weighted by Crippen LogP contribution is -2.46. The van der Waals surface area contributed by atoms with Crippen LogP contribution in [0.25, 0.3) is 11.0 Å². The number of aromatic amines is 1. The molecule has 1 fully saturated rings. The maximum absolute atomic E-state index is 13.9. The summed E-state index contributed by atoms with van der Waals surface area (Å²) >= 11 is 0. The minimum atomic E-state index is -0.434. The van der Waals surface area contributed by atoms with Gasteiger partial charge in [-0.2, -0.15) is 5.10 Å². The number of nitrogens with zero attached hydrogens (tertiary/aromatic N) is 4. The molecule has 0 unspecified atom stereocenters. The van der Waals surface area contributed by atoms with Gasteiger partial charge in [0.2, 0.25) is 0 Å². The van der Waals surface area contributed by atoms with E-state index < -0.39 is 5.82 Å². The quantitative estimate of drug-likeness (QED) is 0.796. The van der Waals surface area contributed by atoms with Crippen molar-refractivity contribution in [1.29, 1.82) is 0 Å². The second kappa shape index (κ2) is 6.31. The Kier molecular flexibility index (Phi) is 3.99. The highest BCUT2D eigenvalue weighted by Crippen LogP contribution is 2.24. The molecule has 1 atom stereocenters. The topological polar surface area (TPSA) is 66.8 Å². The molecule has 3 heterocycles. The fourth-order valence-corrected chi connectivity index (χ4v) is 3.57. The predicted molar refractivity (Wildman–Crippen MR) is 91.7 cm³/mol. The van der Waals surface area contributed by atoms with Gasteiger partial charge < -0.3 is 9.88 Å². The number of aryl methyl sites for hydroxylation is 1. The molecule has 1 amide bonds. The summed E-state index contributed by atoms with van der Waals surface area (Å²) in [6, 6.07) is 2.70. The van der Waals surface area contributed by atoms with Crippen molar-refractivity contribution >= 4 is 16.9 Å². The van der Waals surface area contributed by atoms with E-state index in [-0.39, 0.29) is 11.9 Å². The number of amides is 1. The molecule has 7 heteroatoms. The van der Waals surface area contributed by atoms with Gasteiger partial charge in [-0.3, -0.25) is 9.48 Å². The zero-order chi connectivity index (χ0) is 17.4. The number of rotatable bonds is 3. The first kappa shape index (κ1) is 15.8. The number of aromatic nitrogens is 4. The van der Waals surface area contributed by atoms with Gasteiger partial charge in [0, 0.05) is 12.7 Å². The molecule has 130 valence electrons. The minimum Gasteiger partial charge on any atom is -0.344 e. The molecular formula is C18H20FN5O. The fourth-order valence-electron chi connectivity index (χ4n) is 3.57. The maximum Gasteiger partial charge on any atom is 0.256 e. The number of nitrogens with one attached hydrogen (secondary N) is 1. The van der Waals surface area contributed by atoms with Gasteiger partial charge in [0.05, 0.1) is 36.2 Å². The number of piperidine rings is 1.